The van der Waals surface area contributed by atoms with Crippen molar-refractivity contribution in [3.8, 4) is 11.5 Å². The lowest BCUT2D eigenvalue weighted by atomic mass is 10.2. The number of hydrazone groups is 1. The van der Waals surface area contributed by atoms with Crippen LogP contribution in [0.3, 0.4) is 0 Å². The SMILES string of the molecule is COc1cc(C=NNc2ccc([N+](=O)[O-])cc2)ccc1OC(=O)c1ccc(Cl)cc1. The van der Waals surface area contributed by atoms with E-state index in [2.05, 4.69) is 10.5 Å². The Morgan fingerprint density at radius 3 is 2.40 bits per heavy atom. The van der Waals surface area contributed by atoms with Gasteiger partial charge in [-0.15, -0.1) is 0 Å². The van der Waals surface area contributed by atoms with Crippen LogP contribution in [0.25, 0.3) is 0 Å². The lowest BCUT2D eigenvalue weighted by Gasteiger charge is -2.10. The minimum atomic E-state index is -0.536. The summed E-state index contributed by atoms with van der Waals surface area (Å²) >= 11 is 5.83. The molecule has 0 heterocycles. The predicted octanol–water partition coefficient (Wildman–Crippen LogP) is 4.92. The second-order valence-electron chi connectivity index (χ2n) is 5.98. The monoisotopic (exact) mass is 425 g/mol. The first-order chi connectivity index (χ1) is 14.5. The molecule has 3 aromatic rings. The van der Waals surface area contributed by atoms with Gasteiger partial charge in [0.05, 0.1) is 29.5 Å². The summed E-state index contributed by atoms with van der Waals surface area (Å²) in [4.78, 5) is 22.5. The summed E-state index contributed by atoms with van der Waals surface area (Å²) < 4.78 is 10.7. The maximum Gasteiger partial charge on any atom is 0.343 e. The second-order valence-corrected chi connectivity index (χ2v) is 6.42. The van der Waals surface area contributed by atoms with Gasteiger partial charge in [0.1, 0.15) is 0 Å². The molecule has 0 saturated carbocycles. The first-order valence-corrected chi connectivity index (χ1v) is 9.03. The van der Waals surface area contributed by atoms with Gasteiger partial charge in [-0.05, 0) is 60.2 Å². The number of methoxy groups -OCH3 is 1. The molecule has 0 spiro atoms. The van der Waals surface area contributed by atoms with Gasteiger partial charge in [0.15, 0.2) is 11.5 Å². The Morgan fingerprint density at radius 2 is 1.77 bits per heavy atom. The number of ether oxygens (including phenoxy) is 2. The zero-order valence-corrected chi connectivity index (χ0v) is 16.5. The van der Waals surface area contributed by atoms with E-state index in [1.807, 2.05) is 0 Å². The highest BCUT2D eigenvalue weighted by Crippen LogP contribution is 2.28. The summed E-state index contributed by atoms with van der Waals surface area (Å²) in [7, 11) is 1.46. The highest BCUT2D eigenvalue weighted by atomic mass is 35.5. The minimum Gasteiger partial charge on any atom is -0.493 e. The predicted molar refractivity (Wildman–Crippen MR) is 114 cm³/mol. The van der Waals surface area contributed by atoms with E-state index >= 15 is 0 Å². The molecule has 0 bridgehead atoms. The molecule has 0 aliphatic rings. The fourth-order valence-corrected chi connectivity index (χ4v) is 2.56. The number of rotatable bonds is 7. The number of halogens is 1. The standard InChI is InChI=1S/C21H16ClN3O5/c1-29-20-12-14(13-23-24-17-7-9-18(10-8-17)25(27)28)2-11-19(20)30-21(26)15-3-5-16(22)6-4-15/h2-13,24H,1H3. The molecule has 3 aromatic carbocycles. The minimum absolute atomic E-state index is 0.00185. The van der Waals surface area contributed by atoms with Gasteiger partial charge in [0.25, 0.3) is 5.69 Å². The van der Waals surface area contributed by atoms with Crippen LogP contribution in [0.1, 0.15) is 15.9 Å². The van der Waals surface area contributed by atoms with Crippen LogP contribution in [0, 0.1) is 10.1 Å². The first kappa shape index (κ1) is 20.8. The number of hydrogen-bond donors (Lipinski definition) is 1. The smallest absolute Gasteiger partial charge is 0.343 e. The number of esters is 1. The number of nitro benzene ring substituents is 1. The zero-order valence-electron chi connectivity index (χ0n) is 15.7. The van der Waals surface area contributed by atoms with Crippen molar-refractivity contribution in [2.24, 2.45) is 5.10 Å². The van der Waals surface area contributed by atoms with Crippen molar-refractivity contribution < 1.29 is 19.2 Å². The maximum absolute atomic E-state index is 12.3. The van der Waals surface area contributed by atoms with E-state index < -0.39 is 10.9 Å². The summed E-state index contributed by atoms with van der Waals surface area (Å²) in [5, 5.41) is 15.3. The van der Waals surface area contributed by atoms with Crippen LogP contribution in [0.4, 0.5) is 11.4 Å². The van der Waals surface area contributed by atoms with Crippen LogP contribution in [0.15, 0.2) is 71.8 Å². The van der Waals surface area contributed by atoms with Gasteiger partial charge in [-0.1, -0.05) is 11.6 Å². The number of nitrogens with zero attached hydrogens (tertiary/aromatic N) is 2. The van der Waals surface area contributed by atoms with E-state index in [1.165, 1.54) is 25.5 Å². The fraction of sp³-hybridized carbons (Fsp3) is 0.0476. The van der Waals surface area contributed by atoms with Gasteiger partial charge in [-0.2, -0.15) is 5.10 Å². The third-order valence-electron chi connectivity index (χ3n) is 3.96. The number of nitro groups is 1. The Morgan fingerprint density at radius 1 is 1.07 bits per heavy atom. The first-order valence-electron chi connectivity index (χ1n) is 8.65. The molecule has 0 saturated heterocycles. The van der Waals surface area contributed by atoms with E-state index in [4.69, 9.17) is 21.1 Å². The molecule has 0 atom stereocenters. The molecule has 0 aromatic heterocycles. The molecular formula is C21H16ClN3O5. The second kappa shape index (κ2) is 9.53. The van der Waals surface area contributed by atoms with Gasteiger partial charge in [0, 0.05) is 17.2 Å². The van der Waals surface area contributed by atoms with Gasteiger partial charge in [0.2, 0.25) is 0 Å². The molecule has 0 aliphatic carbocycles. The number of carbonyl (C=O) groups is 1. The van der Waals surface area contributed by atoms with Crippen molar-refractivity contribution in [1.82, 2.24) is 0 Å². The van der Waals surface area contributed by atoms with E-state index in [9.17, 15) is 14.9 Å². The van der Waals surface area contributed by atoms with Crippen molar-refractivity contribution in [2.75, 3.05) is 12.5 Å². The number of carbonyl (C=O) groups excluding carboxylic acids is 1. The Labute approximate surface area is 176 Å². The number of non-ortho nitro benzene ring substituents is 1. The molecule has 3 rings (SSSR count). The molecular weight excluding hydrogens is 410 g/mol. The van der Waals surface area contributed by atoms with E-state index in [-0.39, 0.29) is 11.4 Å². The highest BCUT2D eigenvalue weighted by Gasteiger charge is 2.13. The van der Waals surface area contributed by atoms with E-state index in [0.29, 0.717) is 27.6 Å². The van der Waals surface area contributed by atoms with Crippen LogP contribution >= 0.6 is 11.6 Å². The van der Waals surface area contributed by atoms with Crippen LogP contribution in [0.5, 0.6) is 11.5 Å². The number of hydrogen-bond acceptors (Lipinski definition) is 7. The molecule has 0 unspecified atom stereocenters. The van der Waals surface area contributed by atoms with Crippen LogP contribution in [-0.4, -0.2) is 24.2 Å². The largest absolute Gasteiger partial charge is 0.493 e. The summed E-state index contributed by atoms with van der Waals surface area (Å²) in [6.45, 7) is 0. The number of benzene rings is 3. The molecule has 0 amide bonds. The Balaban J connectivity index is 1.67. The Kier molecular flexibility index (Phi) is 6.61. The van der Waals surface area contributed by atoms with Crippen molar-refractivity contribution in [3.63, 3.8) is 0 Å². The maximum atomic E-state index is 12.3. The lowest BCUT2D eigenvalue weighted by Crippen LogP contribution is -2.09. The van der Waals surface area contributed by atoms with Gasteiger partial charge in [-0.3, -0.25) is 15.5 Å². The fourth-order valence-electron chi connectivity index (χ4n) is 2.43. The summed E-state index contributed by atoms with van der Waals surface area (Å²) in [6, 6.07) is 17.2. The highest BCUT2D eigenvalue weighted by molar-refractivity contribution is 6.30. The molecule has 0 radical (unpaired) electrons. The quantitative estimate of drug-likeness (QED) is 0.189. The zero-order chi connectivity index (χ0) is 21.5. The number of anilines is 1. The van der Waals surface area contributed by atoms with Crippen molar-refractivity contribution in [2.45, 2.75) is 0 Å². The molecule has 152 valence electrons. The number of nitrogens with one attached hydrogen (secondary N) is 1. The van der Waals surface area contributed by atoms with E-state index in [0.717, 1.165) is 0 Å². The molecule has 8 nitrogen and oxygen atoms in total. The van der Waals surface area contributed by atoms with Gasteiger partial charge in [-0.25, -0.2) is 4.79 Å². The molecule has 30 heavy (non-hydrogen) atoms. The summed E-state index contributed by atoms with van der Waals surface area (Å²) in [5.74, 6) is 0.0840. The normalized spacial score (nSPS) is 10.6. The average Bonchev–Trinajstić information content (AvgIpc) is 2.75. The summed E-state index contributed by atoms with van der Waals surface area (Å²) in [5.41, 5.74) is 4.42. The van der Waals surface area contributed by atoms with Crippen LogP contribution in [-0.2, 0) is 0 Å². The third kappa shape index (κ3) is 5.33. The summed E-state index contributed by atoms with van der Waals surface area (Å²) in [6.07, 6.45) is 1.54. The van der Waals surface area contributed by atoms with Crippen molar-refractivity contribution in [3.05, 3.63) is 93.0 Å². The molecule has 9 heteroatoms. The van der Waals surface area contributed by atoms with Crippen molar-refractivity contribution >= 4 is 35.2 Å². The van der Waals surface area contributed by atoms with Crippen molar-refractivity contribution in [1.29, 1.82) is 0 Å². The van der Waals surface area contributed by atoms with E-state index in [1.54, 1.807) is 54.6 Å². The molecule has 0 fully saturated rings. The average molecular weight is 426 g/mol. The van der Waals surface area contributed by atoms with Crippen LogP contribution in [0.2, 0.25) is 5.02 Å². The molecule has 0 aliphatic heterocycles. The topological polar surface area (TPSA) is 103 Å². The third-order valence-corrected chi connectivity index (χ3v) is 4.21. The van der Waals surface area contributed by atoms with Gasteiger partial charge < -0.3 is 9.47 Å². The Bertz CT molecular complexity index is 1080. The lowest BCUT2D eigenvalue weighted by molar-refractivity contribution is -0.384. The Hall–Kier alpha value is -3.91. The molecule has 1 N–H and O–H groups in total. The van der Waals surface area contributed by atoms with Gasteiger partial charge >= 0.3 is 5.97 Å². The van der Waals surface area contributed by atoms with Crippen LogP contribution < -0.4 is 14.9 Å².